The Morgan fingerprint density at radius 1 is 1.20 bits per heavy atom. The number of nitrogens with zero attached hydrogens (tertiary/aromatic N) is 2. The summed E-state index contributed by atoms with van der Waals surface area (Å²) in [6.07, 6.45) is 2.43. The van der Waals surface area contributed by atoms with Crippen LogP contribution in [0.2, 0.25) is 0 Å². The minimum atomic E-state index is -0.0442. The quantitative estimate of drug-likeness (QED) is 0.709. The Labute approximate surface area is 151 Å². The van der Waals surface area contributed by atoms with Gasteiger partial charge in [-0.1, -0.05) is 12.1 Å². The number of anilines is 1. The molecule has 1 aliphatic carbocycles. The summed E-state index contributed by atoms with van der Waals surface area (Å²) in [4.78, 5) is 17.2. The van der Waals surface area contributed by atoms with E-state index in [2.05, 4.69) is 27.2 Å². The maximum atomic E-state index is 12.7. The van der Waals surface area contributed by atoms with Crippen molar-refractivity contribution >= 4 is 22.9 Å². The Morgan fingerprint density at radius 2 is 1.92 bits per heavy atom. The summed E-state index contributed by atoms with van der Waals surface area (Å²) in [5.41, 5.74) is 5.84. The van der Waals surface area contributed by atoms with Crippen LogP contribution < -0.4 is 5.32 Å². The van der Waals surface area contributed by atoms with Crippen molar-refractivity contribution < 1.29 is 4.79 Å². The van der Waals surface area contributed by atoms with Crippen molar-refractivity contribution in [3.8, 4) is 11.3 Å². The van der Waals surface area contributed by atoms with E-state index in [0.717, 1.165) is 33.2 Å². The summed E-state index contributed by atoms with van der Waals surface area (Å²) in [6, 6.07) is 10.4. The molecule has 0 radical (unpaired) electrons. The van der Waals surface area contributed by atoms with E-state index < -0.39 is 0 Å². The number of rotatable bonds is 4. The van der Waals surface area contributed by atoms with Crippen LogP contribution in [0.3, 0.4) is 0 Å². The van der Waals surface area contributed by atoms with Gasteiger partial charge in [0.25, 0.3) is 5.91 Å². The van der Waals surface area contributed by atoms with E-state index in [-0.39, 0.29) is 5.91 Å². The molecule has 3 aromatic rings. The van der Waals surface area contributed by atoms with Gasteiger partial charge < -0.3 is 9.88 Å². The third-order valence-corrected chi connectivity index (χ3v) is 5.47. The fraction of sp³-hybridized carbons (Fsp3) is 0.300. The second kappa shape index (κ2) is 6.15. The van der Waals surface area contributed by atoms with E-state index >= 15 is 0 Å². The van der Waals surface area contributed by atoms with Gasteiger partial charge in [0.1, 0.15) is 0 Å². The van der Waals surface area contributed by atoms with Gasteiger partial charge in [0.15, 0.2) is 0 Å². The molecule has 0 spiro atoms. The second-order valence-corrected chi connectivity index (χ2v) is 7.73. The zero-order valence-corrected chi connectivity index (χ0v) is 15.5. The van der Waals surface area contributed by atoms with Crippen LogP contribution in [0.25, 0.3) is 11.3 Å². The molecule has 1 aromatic carbocycles. The van der Waals surface area contributed by atoms with Crippen LogP contribution in [-0.4, -0.2) is 15.5 Å². The van der Waals surface area contributed by atoms with Crippen LogP contribution >= 0.6 is 11.3 Å². The molecule has 2 heterocycles. The number of carbonyl (C=O) groups excluding carboxylic acids is 1. The Bertz CT molecular complexity index is 933. The zero-order chi connectivity index (χ0) is 17.6. The first-order chi connectivity index (χ1) is 12.0. The maximum Gasteiger partial charge on any atom is 0.257 e. The van der Waals surface area contributed by atoms with Crippen molar-refractivity contribution in [1.82, 2.24) is 9.55 Å². The predicted octanol–water partition coefficient (Wildman–Crippen LogP) is 5.12. The molecule has 0 atom stereocenters. The summed E-state index contributed by atoms with van der Waals surface area (Å²) < 4.78 is 2.29. The summed E-state index contributed by atoms with van der Waals surface area (Å²) in [7, 11) is 0. The van der Waals surface area contributed by atoms with Gasteiger partial charge in [0, 0.05) is 34.1 Å². The Kier molecular flexibility index (Phi) is 3.96. The smallest absolute Gasteiger partial charge is 0.257 e. The highest BCUT2D eigenvalue weighted by Gasteiger charge is 2.28. The molecule has 4 nitrogen and oxygen atoms in total. The van der Waals surface area contributed by atoms with Gasteiger partial charge in [0.05, 0.1) is 16.3 Å². The van der Waals surface area contributed by atoms with Gasteiger partial charge in [-0.25, -0.2) is 4.98 Å². The molecule has 0 unspecified atom stereocenters. The van der Waals surface area contributed by atoms with Gasteiger partial charge in [-0.2, -0.15) is 0 Å². The number of hydrogen-bond donors (Lipinski definition) is 1. The third kappa shape index (κ3) is 3.12. The van der Waals surface area contributed by atoms with Crippen LogP contribution in [0.1, 0.15) is 45.6 Å². The lowest BCUT2D eigenvalue weighted by Crippen LogP contribution is -2.13. The normalized spacial score (nSPS) is 13.9. The molecule has 1 amide bonds. The molecule has 1 fully saturated rings. The van der Waals surface area contributed by atoms with Crippen LogP contribution in [0.4, 0.5) is 5.69 Å². The molecule has 4 rings (SSSR count). The Hall–Kier alpha value is -2.40. The minimum absolute atomic E-state index is 0.0442. The van der Waals surface area contributed by atoms with Crippen molar-refractivity contribution in [3.63, 3.8) is 0 Å². The van der Waals surface area contributed by atoms with Crippen molar-refractivity contribution in [2.24, 2.45) is 0 Å². The second-order valence-electron chi connectivity index (χ2n) is 6.67. The van der Waals surface area contributed by atoms with Gasteiger partial charge in [0.2, 0.25) is 0 Å². The van der Waals surface area contributed by atoms with Crippen LogP contribution in [-0.2, 0) is 0 Å². The topological polar surface area (TPSA) is 46.9 Å². The van der Waals surface area contributed by atoms with E-state index in [1.165, 1.54) is 18.5 Å². The van der Waals surface area contributed by atoms with Crippen molar-refractivity contribution in [1.29, 1.82) is 0 Å². The predicted molar refractivity (Wildman–Crippen MR) is 102 cm³/mol. The number of carbonyl (C=O) groups is 1. The van der Waals surface area contributed by atoms with Crippen molar-refractivity contribution in [2.75, 3.05) is 5.32 Å². The molecular weight excluding hydrogens is 330 g/mol. The number of hydrogen-bond acceptors (Lipinski definition) is 3. The van der Waals surface area contributed by atoms with Crippen LogP contribution in [0, 0.1) is 20.8 Å². The number of aromatic nitrogens is 2. The van der Waals surface area contributed by atoms with Gasteiger partial charge in [-0.15, -0.1) is 11.3 Å². The molecule has 0 saturated heterocycles. The van der Waals surface area contributed by atoms with E-state index in [1.54, 1.807) is 11.3 Å². The lowest BCUT2D eigenvalue weighted by Gasteiger charge is -2.08. The van der Waals surface area contributed by atoms with Crippen LogP contribution in [0.15, 0.2) is 35.7 Å². The molecule has 1 aliphatic rings. The number of benzene rings is 1. The lowest BCUT2D eigenvalue weighted by atomic mass is 10.1. The first kappa shape index (κ1) is 16.1. The molecule has 0 aliphatic heterocycles. The van der Waals surface area contributed by atoms with Gasteiger partial charge in [-0.05, 0) is 51.8 Å². The maximum absolute atomic E-state index is 12.7. The number of thiazole rings is 1. The first-order valence-corrected chi connectivity index (χ1v) is 9.43. The summed E-state index contributed by atoms with van der Waals surface area (Å²) in [6.45, 7) is 6.11. The molecule has 0 bridgehead atoms. The average molecular weight is 351 g/mol. The highest BCUT2D eigenvalue weighted by atomic mass is 32.1. The molecule has 1 N–H and O–H groups in total. The van der Waals surface area contributed by atoms with Crippen molar-refractivity contribution in [3.05, 3.63) is 57.7 Å². The standard InChI is InChI=1S/C20H21N3OS/c1-12-10-18(13(2)23(12)17-8-9-17)20(24)22-16-6-4-15(5-7-16)19-11-25-14(3)21-19/h4-7,10-11,17H,8-9H2,1-3H3,(H,22,24). The van der Waals surface area contributed by atoms with Crippen LogP contribution in [0.5, 0.6) is 0 Å². The fourth-order valence-corrected chi connectivity index (χ4v) is 3.94. The molecule has 1 saturated carbocycles. The zero-order valence-electron chi connectivity index (χ0n) is 14.7. The first-order valence-electron chi connectivity index (χ1n) is 8.55. The number of nitrogens with one attached hydrogen (secondary N) is 1. The minimum Gasteiger partial charge on any atom is -0.345 e. The largest absolute Gasteiger partial charge is 0.345 e. The summed E-state index contributed by atoms with van der Waals surface area (Å²) >= 11 is 1.64. The lowest BCUT2D eigenvalue weighted by molar-refractivity contribution is 0.102. The average Bonchev–Trinajstić information content (AvgIpc) is 3.25. The molecule has 5 heteroatoms. The van der Waals surface area contributed by atoms with E-state index in [9.17, 15) is 4.79 Å². The SMILES string of the molecule is Cc1nc(-c2ccc(NC(=O)c3cc(C)n(C4CC4)c3C)cc2)cs1. The van der Waals surface area contributed by atoms with E-state index in [1.807, 2.05) is 44.2 Å². The Morgan fingerprint density at radius 3 is 2.52 bits per heavy atom. The van der Waals surface area contributed by atoms with Gasteiger partial charge >= 0.3 is 0 Å². The number of amides is 1. The van der Waals surface area contributed by atoms with E-state index in [4.69, 9.17) is 0 Å². The summed E-state index contributed by atoms with van der Waals surface area (Å²) in [5.74, 6) is -0.0442. The van der Waals surface area contributed by atoms with Crippen molar-refractivity contribution in [2.45, 2.75) is 39.7 Å². The highest BCUT2D eigenvalue weighted by molar-refractivity contribution is 7.09. The molecular formula is C20H21N3OS. The highest BCUT2D eigenvalue weighted by Crippen LogP contribution is 2.38. The molecule has 2 aromatic heterocycles. The molecule has 25 heavy (non-hydrogen) atoms. The Balaban J connectivity index is 1.52. The number of aryl methyl sites for hydroxylation is 2. The molecule has 128 valence electrons. The fourth-order valence-electron chi connectivity index (χ4n) is 3.32. The monoisotopic (exact) mass is 351 g/mol. The van der Waals surface area contributed by atoms with Gasteiger partial charge in [-0.3, -0.25) is 4.79 Å². The van der Waals surface area contributed by atoms with E-state index in [0.29, 0.717) is 6.04 Å². The summed E-state index contributed by atoms with van der Waals surface area (Å²) in [5, 5.41) is 6.12. The third-order valence-electron chi connectivity index (χ3n) is 4.70.